The Morgan fingerprint density at radius 1 is 1.17 bits per heavy atom. The molecule has 0 radical (unpaired) electrons. The molecule has 0 heterocycles. The lowest BCUT2D eigenvalue weighted by atomic mass is 9.94. The zero-order valence-corrected chi connectivity index (χ0v) is 11.0. The summed E-state index contributed by atoms with van der Waals surface area (Å²) in [6.07, 6.45) is 8.00. The van der Waals surface area contributed by atoms with Gasteiger partial charge in [0.1, 0.15) is 5.82 Å². The molecule has 1 aliphatic rings. The fourth-order valence-corrected chi connectivity index (χ4v) is 2.52. The smallest absolute Gasteiger partial charge is 0.193 e. The van der Waals surface area contributed by atoms with Gasteiger partial charge in [-0.25, -0.2) is 4.39 Å². The summed E-state index contributed by atoms with van der Waals surface area (Å²) in [6.45, 7) is 0. The van der Waals surface area contributed by atoms with Crippen molar-refractivity contribution < 1.29 is 9.18 Å². The Morgan fingerprint density at radius 3 is 2.72 bits per heavy atom. The van der Waals surface area contributed by atoms with Gasteiger partial charge in [-0.3, -0.25) is 4.79 Å². The molecule has 0 amide bonds. The lowest BCUT2D eigenvalue weighted by Crippen LogP contribution is -2.08. The summed E-state index contributed by atoms with van der Waals surface area (Å²) in [6, 6.07) is 4.35. The molecule has 0 aromatic heterocycles. The van der Waals surface area contributed by atoms with Crippen molar-refractivity contribution in [1.82, 2.24) is 0 Å². The van der Waals surface area contributed by atoms with E-state index in [0.717, 1.165) is 32.1 Å². The van der Waals surface area contributed by atoms with Crippen molar-refractivity contribution in [2.24, 2.45) is 0 Å². The number of rotatable bonds is 2. The second-order valence-electron chi connectivity index (χ2n) is 4.61. The van der Waals surface area contributed by atoms with Crippen molar-refractivity contribution in [1.29, 1.82) is 0 Å². The van der Waals surface area contributed by atoms with Gasteiger partial charge in [0.2, 0.25) is 0 Å². The quantitative estimate of drug-likeness (QED) is 0.693. The maximum atomic E-state index is 13.7. The number of benzene rings is 1. The maximum absolute atomic E-state index is 13.7. The van der Waals surface area contributed by atoms with E-state index in [0.29, 0.717) is 5.57 Å². The fourth-order valence-electron chi connectivity index (χ4n) is 2.27. The monoisotopic (exact) mass is 266 g/mol. The highest BCUT2D eigenvalue weighted by molar-refractivity contribution is 6.35. The molecule has 2 rings (SSSR count). The van der Waals surface area contributed by atoms with Crippen LogP contribution in [0.4, 0.5) is 4.39 Å². The standard InChI is InChI=1S/C15H16ClFO/c16-12-9-6-10-13(17)14(12)15(18)11-7-4-2-1-3-5-8-11/h6-7,9-10H,1-5,8H2/b11-7+. The van der Waals surface area contributed by atoms with Gasteiger partial charge in [-0.05, 0) is 43.4 Å². The second-order valence-corrected chi connectivity index (χ2v) is 5.02. The molecule has 0 fully saturated rings. The second kappa shape index (κ2) is 6.14. The van der Waals surface area contributed by atoms with Gasteiger partial charge in [-0.2, -0.15) is 0 Å². The van der Waals surface area contributed by atoms with E-state index in [9.17, 15) is 9.18 Å². The van der Waals surface area contributed by atoms with E-state index in [2.05, 4.69) is 0 Å². The first kappa shape index (κ1) is 13.3. The van der Waals surface area contributed by atoms with Crippen LogP contribution in [-0.4, -0.2) is 5.78 Å². The van der Waals surface area contributed by atoms with Crippen molar-refractivity contribution in [2.75, 3.05) is 0 Å². The Labute approximate surface area is 112 Å². The molecule has 0 atom stereocenters. The molecule has 0 unspecified atom stereocenters. The Morgan fingerprint density at radius 2 is 1.94 bits per heavy atom. The maximum Gasteiger partial charge on any atom is 0.193 e. The van der Waals surface area contributed by atoms with Crippen LogP contribution in [0.3, 0.4) is 0 Å². The molecule has 0 spiro atoms. The molecule has 18 heavy (non-hydrogen) atoms. The Balaban J connectivity index is 2.29. The van der Waals surface area contributed by atoms with Crippen LogP contribution in [0, 0.1) is 5.82 Å². The van der Waals surface area contributed by atoms with Gasteiger partial charge < -0.3 is 0 Å². The molecule has 1 nitrogen and oxygen atoms in total. The third-order valence-electron chi connectivity index (χ3n) is 3.27. The summed E-state index contributed by atoms with van der Waals surface area (Å²) in [5.41, 5.74) is 0.729. The average molecular weight is 267 g/mol. The topological polar surface area (TPSA) is 17.1 Å². The summed E-state index contributed by atoms with van der Waals surface area (Å²) < 4.78 is 13.7. The third kappa shape index (κ3) is 2.99. The van der Waals surface area contributed by atoms with E-state index in [4.69, 9.17) is 11.6 Å². The largest absolute Gasteiger partial charge is 0.289 e. The van der Waals surface area contributed by atoms with E-state index >= 15 is 0 Å². The van der Waals surface area contributed by atoms with Crippen LogP contribution in [0.1, 0.15) is 48.9 Å². The Hall–Kier alpha value is -1.15. The normalized spacial score (nSPS) is 19.6. The van der Waals surface area contributed by atoms with Crippen LogP contribution >= 0.6 is 11.6 Å². The number of halogens is 2. The van der Waals surface area contributed by atoms with Gasteiger partial charge in [0, 0.05) is 0 Å². The number of ketones is 1. The van der Waals surface area contributed by atoms with E-state index in [1.54, 1.807) is 6.07 Å². The van der Waals surface area contributed by atoms with E-state index in [1.807, 2.05) is 6.08 Å². The minimum absolute atomic E-state index is 0.0194. The highest BCUT2D eigenvalue weighted by Crippen LogP contribution is 2.26. The minimum Gasteiger partial charge on any atom is -0.289 e. The summed E-state index contributed by atoms with van der Waals surface area (Å²) in [4.78, 5) is 12.3. The van der Waals surface area contributed by atoms with Crippen molar-refractivity contribution >= 4 is 17.4 Å². The predicted molar refractivity (Wildman–Crippen MR) is 71.5 cm³/mol. The third-order valence-corrected chi connectivity index (χ3v) is 3.59. The molecular formula is C15H16ClFO. The molecule has 1 aromatic carbocycles. The molecule has 0 bridgehead atoms. The highest BCUT2D eigenvalue weighted by Gasteiger charge is 2.19. The van der Waals surface area contributed by atoms with Crippen LogP contribution in [0.5, 0.6) is 0 Å². The van der Waals surface area contributed by atoms with Gasteiger partial charge in [-0.15, -0.1) is 0 Å². The first-order valence-electron chi connectivity index (χ1n) is 6.38. The Bertz CT molecular complexity index is 459. The van der Waals surface area contributed by atoms with Crippen LogP contribution < -0.4 is 0 Å². The number of carbonyl (C=O) groups is 1. The first-order valence-corrected chi connectivity index (χ1v) is 6.75. The van der Waals surface area contributed by atoms with Crippen LogP contribution in [-0.2, 0) is 0 Å². The fraction of sp³-hybridized carbons (Fsp3) is 0.400. The van der Waals surface area contributed by atoms with Crippen molar-refractivity contribution in [3.05, 3.63) is 46.3 Å². The Kier molecular flexibility index (Phi) is 4.54. The number of Topliss-reactive ketones (excluding diaryl/α,β-unsaturated/α-hetero) is 1. The number of hydrogen-bond acceptors (Lipinski definition) is 1. The molecule has 0 saturated heterocycles. The number of hydrogen-bond donors (Lipinski definition) is 0. The molecule has 1 aliphatic carbocycles. The summed E-state index contributed by atoms with van der Waals surface area (Å²) in [5.74, 6) is -0.782. The molecule has 1 aromatic rings. The molecular weight excluding hydrogens is 251 g/mol. The zero-order valence-electron chi connectivity index (χ0n) is 10.2. The zero-order chi connectivity index (χ0) is 13.0. The van der Waals surface area contributed by atoms with Gasteiger partial charge in [0.05, 0.1) is 10.6 Å². The molecule has 0 saturated carbocycles. The van der Waals surface area contributed by atoms with Gasteiger partial charge >= 0.3 is 0 Å². The summed E-state index contributed by atoms with van der Waals surface area (Å²) >= 11 is 5.93. The molecule has 96 valence electrons. The molecule has 0 aliphatic heterocycles. The van der Waals surface area contributed by atoms with Crippen molar-refractivity contribution in [2.45, 2.75) is 38.5 Å². The summed E-state index contributed by atoms with van der Waals surface area (Å²) in [5, 5.41) is 0.197. The molecule has 3 heteroatoms. The van der Waals surface area contributed by atoms with Gasteiger partial charge in [-0.1, -0.05) is 36.6 Å². The van der Waals surface area contributed by atoms with E-state index in [1.165, 1.54) is 18.6 Å². The predicted octanol–water partition coefficient (Wildman–Crippen LogP) is 4.94. The average Bonchev–Trinajstić information content (AvgIpc) is 2.27. The lowest BCUT2D eigenvalue weighted by molar-refractivity contribution is 0.102. The molecule has 0 N–H and O–H groups in total. The van der Waals surface area contributed by atoms with Crippen molar-refractivity contribution in [3.63, 3.8) is 0 Å². The van der Waals surface area contributed by atoms with Crippen LogP contribution in [0.15, 0.2) is 29.8 Å². The first-order chi connectivity index (χ1) is 8.70. The van der Waals surface area contributed by atoms with Crippen LogP contribution in [0.25, 0.3) is 0 Å². The number of allylic oxidation sites excluding steroid dienone is 2. The summed E-state index contributed by atoms with van der Waals surface area (Å²) in [7, 11) is 0. The van der Waals surface area contributed by atoms with Crippen LogP contribution in [0.2, 0.25) is 5.02 Å². The lowest BCUT2D eigenvalue weighted by Gasteiger charge is -2.11. The van der Waals surface area contributed by atoms with E-state index < -0.39 is 5.82 Å². The number of carbonyl (C=O) groups excluding carboxylic acids is 1. The van der Waals surface area contributed by atoms with Crippen molar-refractivity contribution in [3.8, 4) is 0 Å². The van der Waals surface area contributed by atoms with Gasteiger partial charge in [0.15, 0.2) is 5.78 Å². The van der Waals surface area contributed by atoms with Gasteiger partial charge in [0.25, 0.3) is 0 Å². The van der Waals surface area contributed by atoms with E-state index in [-0.39, 0.29) is 16.4 Å². The SMILES string of the molecule is O=C(/C1=C/CCCCCC1)c1c(F)cccc1Cl. The highest BCUT2D eigenvalue weighted by atomic mass is 35.5. The minimum atomic E-state index is -0.532.